The maximum absolute atomic E-state index is 12.0. The zero-order chi connectivity index (χ0) is 18.6. The number of ether oxygens (including phenoxy) is 4. The van der Waals surface area contributed by atoms with Crippen molar-refractivity contribution in [1.82, 2.24) is 0 Å². The molecule has 0 aliphatic carbocycles. The molecule has 0 fully saturated rings. The molecule has 144 valence electrons. The Morgan fingerprint density at radius 3 is 2.19 bits per heavy atom. The standard InChI is InChI=1S/C20H28O6/c1-2-19(21)23-12-8-6-4-3-5-7-9-13-24-20(22)16-10-11-17-18(14-16)26-15-25-17/h10-11,14H,2-9,12-13,15H2,1H3. The number of benzene rings is 1. The summed E-state index contributed by atoms with van der Waals surface area (Å²) < 4.78 is 20.8. The van der Waals surface area contributed by atoms with Crippen LogP contribution in [0.1, 0.15) is 68.6 Å². The molecule has 1 aromatic carbocycles. The lowest BCUT2D eigenvalue weighted by molar-refractivity contribution is -0.143. The summed E-state index contributed by atoms with van der Waals surface area (Å²) in [6, 6.07) is 5.07. The van der Waals surface area contributed by atoms with Crippen LogP contribution in [0.15, 0.2) is 18.2 Å². The van der Waals surface area contributed by atoms with Crippen molar-refractivity contribution in [2.45, 2.75) is 58.3 Å². The summed E-state index contributed by atoms with van der Waals surface area (Å²) in [5.74, 6) is 0.791. The minimum Gasteiger partial charge on any atom is -0.466 e. The Kier molecular flexibility index (Phi) is 8.79. The summed E-state index contributed by atoms with van der Waals surface area (Å²) >= 11 is 0. The van der Waals surface area contributed by atoms with Gasteiger partial charge in [-0.2, -0.15) is 0 Å². The van der Waals surface area contributed by atoms with Crippen molar-refractivity contribution in [2.24, 2.45) is 0 Å². The topological polar surface area (TPSA) is 71.1 Å². The molecule has 1 aromatic rings. The highest BCUT2D eigenvalue weighted by Gasteiger charge is 2.16. The zero-order valence-corrected chi connectivity index (χ0v) is 15.5. The number of esters is 2. The Morgan fingerprint density at radius 2 is 1.50 bits per heavy atom. The fraction of sp³-hybridized carbons (Fsp3) is 0.600. The van der Waals surface area contributed by atoms with Gasteiger partial charge in [-0.05, 0) is 31.0 Å². The molecule has 6 nitrogen and oxygen atoms in total. The van der Waals surface area contributed by atoms with E-state index in [-0.39, 0.29) is 18.7 Å². The molecule has 6 heteroatoms. The lowest BCUT2D eigenvalue weighted by Crippen LogP contribution is -2.06. The molecule has 2 rings (SSSR count). The van der Waals surface area contributed by atoms with Gasteiger partial charge in [0.15, 0.2) is 11.5 Å². The average molecular weight is 364 g/mol. The molecule has 1 heterocycles. The van der Waals surface area contributed by atoms with Crippen LogP contribution in [-0.2, 0) is 14.3 Å². The maximum Gasteiger partial charge on any atom is 0.338 e. The van der Waals surface area contributed by atoms with Crippen LogP contribution in [0, 0.1) is 0 Å². The summed E-state index contributed by atoms with van der Waals surface area (Å²) in [4.78, 5) is 23.0. The molecular formula is C20H28O6. The van der Waals surface area contributed by atoms with E-state index in [1.165, 1.54) is 0 Å². The molecule has 0 radical (unpaired) electrons. The molecule has 0 spiro atoms. The molecule has 1 aliphatic rings. The number of rotatable bonds is 12. The zero-order valence-electron chi connectivity index (χ0n) is 15.5. The number of unbranched alkanes of at least 4 members (excludes halogenated alkanes) is 6. The van der Waals surface area contributed by atoms with E-state index in [1.807, 2.05) is 0 Å². The predicted octanol–water partition coefficient (Wildman–Crippen LogP) is 4.26. The molecule has 0 atom stereocenters. The first-order valence-corrected chi connectivity index (χ1v) is 9.43. The molecule has 0 amide bonds. The normalized spacial score (nSPS) is 12.0. The number of fused-ring (bicyclic) bond motifs is 1. The first kappa shape index (κ1) is 20.1. The van der Waals surface area contributed by atoms with Crippen molar-refractivity contribution in [3.63, 3.8) is 0 Å². The van der Waals surface area contributed by atoms with Gasteiger partial charge in [-0.25, -0.2) is 4.79 Å². The van der Waals surface area contributed by atoms with Gasteiger partial charge < -0.3 is 18.9 Å². The molecule has 0 saturated carbocycles. The van der Waals surface area contributed by atoms with E-state index in [1.54, 1.807) is 25.1 Å². The van der Waals surface area contributed by atoms with E-state index in [4.69, 9.17) is 18.9 Å². The van der Waals surface area contributed by atoms with Crippen LogP contribution in [0.4, 0.5) is 0 Å². The Labute approximate surface area is 154 Å². The van der Waals surface area contributed by atoms with Crippen molar-refractivity contribution in [1.29, 1.82) is 0 Å². The Bertz CT molecular complexity index is 584. The summed E-state index contributed by atoms with van der Waals surface area (Å²) in [6.07, 6.45) is 7.77. The molecule has 0 N–H and O–H groups in total. The van der Waals surface area contributed by atoms with E-state index in [9.17, 15) is 9.59 Å². The number of carbonyl (C=O) groups excluding carboxylic acids is 2. The van der Waals surface area contributed by atoms with E-state index in [2.05, 4.69) is 0 Å². The van der Waals surface area contributed by atoms with Gasteiger partial charge in [0.1, 0.15) is 0 Å². The average Bonchev–Trinajstić information content (AvgIpc) is 3.13. The van der Waals surface area contributed by atoms with Gasteiger partial charge in [0.2, 0.25) is 6.79 Å². The van der Waals surface area contributed by atoms with Crippen molar-refractivity contribution in [2.75, 3.05) is 20.0 Å². The van der Waals surface area contributed by atoms with Crippen LogP contribution in [0.3, 0.4) is 0 Å². The second kappa shape index (κ2) is 11.4. The third-order valence-electron chi connectivity index (χ3n) is 4.18. The molecule has 26 heavy (non-hydrogen) atoms. The van der Waals surface area contributed by atoms with Crippen LogP contribution in [0.2, 0.25) is 0 Å². The van der Waals surface area contributed by atoms with Crippen LogP contribution < -0.4 is 9.47 Å². The van der Waals surface area contributed by atoms with Gasteiger partial charge in [0, 0.05) is 6.42 Å². The van der Waals surface area contributed by atoms with E-state index in [0.29, 0.717) is 36.7 Å². The van der Waals surface area contributed by atoms with E-state index < -0.39 is 0 Å². The summed E-state index contributed by atoms with van der Waals surface area (Å²) in [5.41, 5.74) is 0.484. The van der Waals surface area contributed by atoms with Crippen molar-refractivity contribution in [3.05, 3.63) is 23.8 Å². The van der Waals surface area contributed by atoms with E-state index >= 15 is 0 Å². The Balaban J connectivity index is 1.44. The summed E-state index contributed by atoms with van der Waals surface area (Å²) in [5, 5.41) is 0. The number of hydrogen-bond donors (Lipinski definition) is 0. The smallest absolute Gasteiger partial charge is 0.338 e. The van der Waals surface area contributed by atoms with Gasteiger partial charge >= 0.3 is 11.9 Å². The number of hydrogen-bond acceptors (Lipinski definition) is 6. The second-order valence-electron chi connectivity index (χ2n) is 6.25. The second-order valence-corrected chi connectivity index (χ2v) is 6.25. The van der Waals surface area contributed by atoms with Crippen molar-refractivity contribution in [3.8, 4) is 11.5 Å². The molecular weight excluding hydrogens is 336 g/mol. The van der Waals surface area contributed by atoms with Gasteiger partial charge in [-0.15, -0.1) is 0 Å². The van der Waals surface area contributed by atoms with Gasteiger partial charge in [-0.3, -0.25) is 4.79 Å². The minimum atomic E-state index is -0.329. The fourth-order valence-corrected chi connectivity index (χ4v) is 2.65. The highest BCUT2D eigenvalue weighted by Crippen LogP contribution is 2.32. The first-order valence-electron chi connectivity index (χ1n) is 9.43. The van der Waals surface area contributed by atoms with Gasteiger partial charge in [0.25, 0.3) is 0 Å². The van der Waals surface area contributed by atoms with Crippen LogP contribution in [0.25, 0.3) is 0 Å². The predicted molar refractivity (Wildman–Crippen MR) is 96.4 cm³/mol. The molecule has 0 bridgehead atoms. The van der Waals surface area contributed by atoms with Crippen molar-refractivity contribution < 1.29 is 28.5 Å². The third kappa shape index (κ3) is 6.94. The molecule has 0 saturated heterocycles. The fourth-order valence-electron chi connectivity index (χ4n) is 2.65. The van der Waals surface area contributed by atoms with Crippen LogP contribution in [-0.4, -0.2) is 31.9 Å². The monoisotopic (exact) mass is 364 g/mol. The summed E-state index contributed by atoms with van der Waals surface area (Å²) in [7, 11) is 0. The van der Waals surface area contributed by atoms with Gasteiger partial charge in [-0.1, -0.05) is 39.0 Å². The lowest BCUT2D eigenvalue weighted by atomic mass is 10.1. The number of carbonyl (C=O) groups is 2. The maximum atomic E-state index is 12.0. The Hall–Kier alpha value is -2.24. The largest absolute Gasteiger partial charge is 0.466 e. The van der Waals surface area contributed by atoms with E-state index in [0.717, 1.165) is 44.9 Å². The quantitative estimate of drug-likeness (QED) is 0.408. The third-order valence-corrected chi connectivity index (χ3v) is 4.18. The lowest BCUT2D eigenvalue weighted by Gasteiger charge is -2.06. The molecule has 0 aromatic heterocycles. The highest BCUT2D eigenvalue weighted by atomic mass is 16.7. The molecule has 1 aliphatic heterocycles. The van der Waals surface area contributed by atoms with Gasteiger partial charge in [0.05, 0.1) is 18.8 Å². The minimum absolute atomic E-state index is 0.125. The highest BCUT2D eigenvalue weighted by molar-refractivity contribution is 5.90. The molecule has 0 unspecified atom stereocenters. The summed E-state index contributed by atoms with van der Waals surface area (Å²) in [6.45, 7) is 2.95. The first-order chi connectivity index (χ1) is 12.7. The van der Waals surface area contributed by atoms with Crippen molar-refractivity contribution >= 4 is 11.9 Å². The van der Waals surface area contributed by atoms with Crippen LogP contribution in [0.5, 0.6) is 11.5 Å². The van der Waals surface area contributed by atoms with Crippen LogP contribution >= 0.6 is 0 Å². The SMILES string of the molecule is CCC(=O)OCCCCCCCCCOC(=O)c1ccc2c(c1)OCO2. The Morgan fingerprint density at radius 1 is 0.885 bits per heavy atom.